The molecular formula is C18H22N2O3S2. The molecular weight excluding hydrogens is 356 g/mol. The van der Waals surface area contributed by atoms with E-state index < -0.39 is 0 Å². The molecule has 1 aliphatic rings. The molecule has 1 saturated heterocycles. The fraction of sp³-hybridized carbons (Fsp3) is 0.444. The molecule has 2 aromatic rings. The molecule has 0 bridgehead atoms. The number of carbonyl (C=O) groups is 2. The molecule has 1 fully saturated rings. The Morgan fingerprint density at radius 3 is 2.92 bits per heavy atom. The molecule has 1 aliphatic heterocycles. The molecule has 0 aliphatic carbocycles. The van der Waals surface area contributed by atoms with Gasteiger partial charge in [-0.15, -0.1) is 11.3 Å². The second kappa shape index (κ2) is 9.12. The Morgan fingerprint density at radius 1 is 1.32 bits per heavy atom. The minimum absolute atomic E-state index is 0.0505. The van der Waals surface area contributed by atoms with Crippen molar-refractivity contribution in [2.24, 2.45) is 0 Å². The van der Waals surface area contributed by atoms with Crippen molar-refractivity contribution in [3.63, 3.8) is 0 Å². The minimum atomic E-state index is -0.127. The first-order valence-electron chi connectivity index (χ1n) is 8.44. The van der Waals surface area contributed by atoms with E-state index in [2.05, 4.69) is 5.32 Å². The monoisotopic (exact) mass is 378 g/mol. The van der Waals surface area contributed by atoms with Gasteiger partial charge in [-0.05, 0) is 35.7 Å². The van der Waals surface area contributed by atoms with Crippen LogP contribution in [0.4, 0.5) is 0 Å². The summed E-state index contributed by atoms with van der Waals surface area (Å²) < 4.78 is 5.69. The van der Waals surface area contributed by atoms with Crippen LogP contribution in [0.5, 0.6) is 0 Å². The third-order valence-electron chi connectivity index (χ3n) is 4.14. The Labute approximate surface area is 155 Å². The first kappa shape index (κ1) is 18.1. The standard InChI is InChI=1S/C18H22N2O3S2/c21-17(5-7-19-18(22)14-6-10-24-13-14)20(11-15-3-1-8-23-15)12-16-4-2-9-25-16/h2,4,6,9-10,13,15H,1,3,5,7-8,11-12H2,(H,19,22). The molecule has 0 radical (unpaired) electrons. The van der Waals surface area contributed by atoms with Gasteiger partial charge in [-0.1, -0.05) is 6.07 Å². The molecule has 1 N–H and O–H groups in total. The van der Waals surface area contributed by atoms with Gasteiger partial charge in [-0.25, -0.2) is 0 Å². The van der Waals surface area contributed by atoms with Crippen LogP contribution in [0.25, 0.3) is 0 Å². The van der Waals surface area contributed by atoms with E-state index in [0.29, 0.717) is 31.6 Å². The number of thiophene rings is 2. The van der Waals surface area contributed by atoms with Crippen LogP contribution in [-0.2, 0) is 16.1 Å². The Balaban J connectivity index is 1.51. The van der Waals surface area contributed by atoms with Gasteiger partial charge in [0.15, 0.2) is 0 Å². The van der Waals surface area contributed by atoms with Gasteiger partial charge in [-0.3, -0.25) is 9.59 Å². The lowest BCUT2D eigenvalue weighted by Gasteiger charge is -2.25. The number of amides is 2. The molecule has 5 nitrogen and oxygen atoms in total. The molecule has 2 aromatic heterocycles. The third-order valence-corrected chi connectivity index (χ3v) is 5.68. The maximum atomic E-state index is 12.7. The first-order chi connectivity index (χ1) is 12.2. The van der Waals surface area contributed by atoms with E-state index in [0.717, 1.165) is 24.3 Å². The van der Waals surface area contributed by atoms with Crippen LogP contribution in [-0.4, -0.2) is 42.5 Å². The molecule has 25 heavy (non-hydrogen) atoms. The predicted molar refractivity (Wildman–Crippen MR) is 100.0 cm³/mol. The van der Waals surface area contributed by atoms with E-state index in [4.69, 9.17) is 4.74 Å². The quantitative estimate of drug-likeness (QED) is 0.768. The summed E-state index contributed by atoms with van der Waals surface area (Å²) in [7, 11) is 0. The Morgan fingerprint density at radius 2 is 2.24 bits per heavy atom. The number of nitrogens with zero attached hydrogens (tertiary/aromatic N) is 1. The summed E-state index contributed by atoms with van der Waals surface area (Å²) in [4.78, 5) is 27.6. The van der Waals surface area contributed by atoms with Crippen LogP contribution < -0.4 is 5.32 Å². The zero-order chi connectivity index (χ0) is 17.5. The largest absolute Gasteiger partial charge is 0.376 e. The predicted octanol–water partition coefficient (Wildman–Crippen LogP) is 3.14. The van der Waals surface area contributed by atoms with E-state index in [1.54, 1.807) is 22.8 Å². The van der Waals surface area contributed by atoms with Gasteiger partial charge in [0.2, 0.25) is 5.91 Å². The normalized spacial score (nSPS) is 16.7. The summed E-state index contributed by atoms with van der Waals surface area (Å²) in [6.45, 7) is 2.35. The average molecular weight is 379 g/mol. The van der Waals surface area contributed by atoms with E-state index >= 15 is 0 Å². The molecule has 1 unspecified atom stereocenters. The Bertz CT molecular complexity index is 665. The van der Waals surface area contributed by atoms with Crippen LogP contribution >= 0.6 is 22.7 Å². The van der Waals surface area contributed by atoms with Crippen molar-refractivity contribution in [3.8, 4) is 0 Å². The molecule has 1 atom stereocenters. The lowest BCUT2D eigenvalue weighted by molar-refractivity contribution is -0.133. The maximum absolute atomic E-state index is 12.7. The van der Waals surface area contributed by atoms with Crippen LogP contribution in [0.15, 0.2) is 34.3 Å². The molecule has 3 heterocycles. The molecule has 0 saturated carbocycles. The van der Waals surface area contributed by atoms with Gasteiger partial charge in [0, 0.05) is 41.9 Å². The van der Waals surface area contributed by atoms with Crippen molar-refractivity contribution < 1.29 is 14.3 Å². The van der Waals surface area contributed by atoms with Crippen molar-refractivity contribution in [3.05, 3.63) is 44.8 Å². The molecule has 3 rings (SSSR count). The third kappa shape index (κ3) is 5.39. The lowest BCUT2D eigenvalue weighted by Crippen LogP contribution is -2.38. The van der Waals surface area contributed by atoms with Crippen molar-refractivity contribution in [1.29, 1.82) is 0 Å². The topological polar surface area (TPSA) is 58.6 Å². The first-order valence-corrected chi connectivity index (χ1v) is 10.3. The summed E-state index contributed by atoms with van der Waals surface area (Å²) in [5, 5.41) is 8.50. The highest BCUT2D eigenvalue weighted by Gasteiger charge is 2.23. The van der Waals surface area contributed by atoms with Crippen LogP contribution in [0, 0.1) is 0 Å². The van der Waals surface area contributed by atoms with Gasteiger partial charge < -0.3 is 15.0 Å². The van der Waals surface area contributed by atoms with Gasteiger partial charge in [0.25, 0.3) is 5.91 Å². The number of ether oxygens (including phenoxy) is 1. The molecule has 7 heteroatoms. The zero-order valence-corrected chi connectivity index (χ0v) is 15.6. The Hall–Kier alpha value is -1.70. The van der Waals surface area contributed by atoms with Crippen molar-refractivity contribution in [2.45, 2.75) is 31.9 Å². The van der Waals surface area contributed by atoms with E-state index in [-0.39, 0.29) is 17.9 Å². The van der Waals surface area contributed by atoms with Crippen LogP contribution in [0.1, 0.15) is 34.5 Å². The second-order valence-electron chi connectivity index (χ2n) is 6.01. The fourth-order valence-corrected chi connectivity index (χ4v) is 4.17. The second-order valence-corrected chi connectivity index (χ2v) is 7.82. The molecule has 134 valence electrons. The number of rotatable bonds is 8. The van der Waals surface area contributed by atoms with Crippen molar-refractivity contribution in [1.82, 2.24) is 10.2 Å². The molecule has 2 amide bonds. The summed E-state index contributed by atoms with van der Waals surface area (Å²) in [6.07, 6.45) is 2.49. The van der Waals surface area contributed by atoms with E-state index in [1.807, 2.05) is 27.8 Å². The highest BCUT2D eigenvalue weighted by atomic mass is 32.1. The average Bonchev–Trinajstić information content (AvgIpc) is 3.37. The van der Waals surface area contributed by atoms with Gasteiger partial charge in [0.1, 0.15) is 0 Å². The van der Waals surface area contributed by atoms with Gasteiger partial charge >= 0.3 is 0 Å². The number of carbonyl (C=O) groups excluding carboxylic acids is 2. The SMILES string of the molecule is O=C(NCCC(=O)N(Cc1cccs1)CC1CCCO1)c1ccsc1. The highest BCUT2D eigenvalue weighted by molar-refractivity contribution is 7.09. The lowest BCUT2D eigenvalue weighted by atomic mass is 10.2. The van der Waals surface area contributed by atoms with Gasteiger partial charge in [0.05, 0.1) is 12.6 Å². The van der Waals surface area contributed by atoms with Crippen molar-refractivity contribution >= 4 is 34.5 Å². The fourth-order valence-electron chi connectivity index (χ4n) is 2.82. The Kier molecular flexibility index (Phi) is 6.61. The van der Waals surface area contributed by atoms with Crippen LogP contribution in [0.2, 0.25) is 0 Å². The molecule has 0 aromatic carbocycles. The smallest absolute Gasteiger partial charge is 0.252 e. The van der Waals surface area contributed by atoms with Crippen LogP contribution in [0.3, 0.4) is 0 Å². The summed E-state index contributed by atoms with van der Waals surface area (Å²) in [5.41, 5.74) is 0.646. The number of nitrogens with one attached hydrogen (secondary N) is 1. The zero-order valence-electron chi connectivity index (χ0n) is 14.0. The van der Waals surface area contributed by atoms with Gasteiger partial charge in [-0.2, -0.15) is 11.3 Å². The van der Waals surface area contributed by atoms with E-state index in [9.17, 15) is 9.59 Å². The minimum Gasteiger partial charge on any atom is -0.376 e. The maximum Gasteiger partial charge on any atom is 0.252 e. The summed E-state index contributed by atoms with van der Waals surface area (Å²) in [6, 6.07) is 5.82. The summed E-state index contributed by atoms with van der Waals surface area (Å²) >= 11 is 3.13. The summed E-state index contributed by atoms with van der Waals surface area (Å²) in [5.74, 6) is -0.0764. The highest BCUT2D eigenvalue weighted by Crippen LogP contribution is 2.18. The molecule has 0 spiro atoms. The number of hydrogen-bond acceptors (Lipinski definition) is 5. The van der Waals surface area contributed by atoms with E-state index in [1.165, 1.54) is 11.3 Å². The van der Waals surface area contributed by atoms with Crippen molar-refractivity contribution in [2.75, 3.05) is 19.7 Å². The number of hydrogen-bond donors (Lipinski definition) is 1.